The zero-order valence-corrected chi connectivity index (χ0v) is 19.9. The van der Waals surface area contributed by atoms with Gasteiger partial charge in [0, 0.05) is 5.70 Å². The molecule has 2 aliphatic heterocycles. The molecular weight excluding hydrogens is 442 g/mol. The highest BCUT2D eigenvalue weighted by molar-refractivity contribution is 7.92. The zero-order valence-electron chi connectivity index (χ0n) is 18.2. The third-order valence-electron chi connectivity index (χ3n) is 6.20. The first kappa shape index (κ1) is 22.8. The number of fused-ring (bicyclic) bond motifs is 2. The number of hydrogen-bond donors (Lipinski definition) is 0. The minimum absolute atomic E-state index is 0.190. The van der Waals surface area contributed by atoms with Crippen molar-refractivity contribution in [1.29, 1.82) is 0 Å². The molecule has 0 saturated heterocycles. The Kier molecular flexibility index (Phi) is 6.58. The number of rotatable bonds is 4. The Hall–Kier alpha value is -2.38. The van der Waals surface area contributed by atoms with Gasteiger partial charge in [0.05, 0.1) is 15.8 Å². The van der Waals surface area contributed by atoms with Gasteiger partial charge in [0.25, 0.3) is 10.0 Å². The summed E-state index contributed by atoms with van der Waals surface area (Å²) in [5.41, 5.74) is 1.37. The van der Waals surface area contributed by atoms with Crippen molar-refractivity contribution in [2.45, 2.75) is 66.5 Å². The molecule has 2 aromatic rings. The number of benzene rings is 2. The molecule has 7 heteroatoms. The van der Waals surface area contributed by atoms with Gasteiger partial charge in [-0.1, -0.05) is 60.5 Å². The van der Waals surface area contributed by atoms with E-state index in [-0.39, 0.29) is 15.8 Å². The van der Waals surface area contributed by atoms with Crippen molar-refractivity contribution in [3.63, 3.8) is 0 Å². The second-order valence-corrected chi connectivity index (χ2v) is 12.4. The first-order valence-corrected chi connectivity index (χ1v) is 14.1. The number of allylic oxidation sites excluding steroid dienone is 1. The predicted octanol–water partition coefficient (Wildman–Crippen LogP) is 5.00. The second-order valence-electron chi connectivity index (χ2n) is 8.47. The largest absolute Gasteiger partial charge is 0.265 e. The Morgan fingerprint density at radius 1 is 0.812 bits per heavy atom. The van der Waals surface area contributed by atoms with Gasteiger partial charge in [-0.15, -0.1) is 0 Å². The van der Waals surface area contributed by atoms with Crippen molar-refractivity contribution in [1.82, 2.24) is 4.31 Å². The molecule has 0 N–H and O–H groups in total. The molecule has 0 amide bonds. The van der Waals surface area contributed by atoms with Gasteiger partial charge in [-0.3, -0.25) is 4.31 Å². The molecule has 0 spiro atoms. The van der Waals surface area contributed by atoms with E-state index in [9.17, 15) is 16.8 Å². The lowest BCUT2D eigenvalue weighted by Crippen LogP contribution is -2.41. The molecule has 5 nitrogen and oxygen atoms in total. The molecule has 2 atom stereocenters. The second kappa shape index (κ2) is 9.24. The van der Waals surface area contributed by atoms with Gasteiger partial charge in [0.1, 0.15) is 5.25 Å². The van der Waals surface area contributed by atoms with Crippen LogP contribution in [0.15, 0.2) is 88.3 Å². The first-order chi connectivity index (χ1) is 15.3. The van der Waals surface area contributed by atoms with Crippen LogP contribution < -0.4 is 0 Å². The van der Waals surface area contributed by atoms with Gasteiger partial charge in [-0.25, -0.2) is 16.8 Å². The molecule has 0 radical (unpaired) electrons. The van der Waals surface area contributed by atoms with Crippen molar-refractivity contribution in [3.05, 3.63) is 84.1 Å². The minimum Gasteiger partial charge on any atom is -0.265 e. The summed E-state index contributed by atoms with van der Waals surface area (Å²) in [6.07, 6.45) is 9.86. The minimum atomic E-state index is -3.90. The molecule has 0 aromatic heterocycles. The van der Waals surface area contributed by atoms with Crippen LogP contribution in [0.4, 0.5) is 0 Å². The molecular formula is C25H29NO4S2. The average molecular weight is 472 g/mol. The molecule has 2 bridgehead atoms. The Bertz CT molecular complexity index is 1210. The maximum Gasteiger partial charge on any atom is 0.264 e. The van der Waals surface area contributed by atoms with Crippen LogP contribution in [-0.4, -0.2) is 32.4 Å². The molecule has 2 aliphatic rings. The Morgan fingerprint density at radius 2 is 1.53 bits per heavy atom. The van der Waals surface area contributed by atoms with Gasteiger partial charge in [0.15, 0.2) is 9.84 Å². The van der Waals surface area contributed by atoms with Crippen molar-refractivity contribution in [2.24, 2.45) is 0 Å². The summed E-state index contributed by atoms with van der Waals surface area (Å²) in [7, 11) is -7.66. The fraction of sp³-hybridized carbons (Fsp3) is 0.360. The van der Waals surface area contributed by atoms with Crippen LogP contribution in [-0.2, 0) is 19.9 Å². The molecule has 2 aromatic carbocycles. The molecule has 0 saturated carbocycles. The van der Waals surface area contributed by atoms with Crippen molar-refractivity contribution < 1.29 is 16.8 Å². The van der Waals surface area contributed by atoms with Crippen molar-refractivity contribution in [3.8, 4) is 0 Å². The lowest BCUT2D eigenvalue weighted by molar-refractivity contribution is 0.394. The van der Waals surface area contributed by atoms with E-state index in [0.29, 0.717) is 31.4 Å². The number of sulfone groups is 1. The zero-order chi connectivity index (χ0) is 22.8. The van der Waals surface area contributed by atoms with Gasteiger partial charge in [-0.2, -0.15) is 0 Å². The van der Waals surface area contributed by atoms with E-state index in [4.69, 9.17) is 0 Å². The maximum atomic E-state index is 13.8. The fourth-order valence-corrected chi connectivity index (χ4v) is 8.16. The molecule has 0 unspecified atom stereocenters. The Labute approximate surface area is 191 Å². The van der Waals surface area contributed by atoms with E-state index >= 15 is 0 Å². The predicted molar refractivity (Wildman–Crippen MR) is 126 cm³/mol. The number of sulfonamides is 1. The third kappa shape index (κ3) is 4.41. The molecule has 4 rings (SSSR count). The standard InChI is InChI=1S/C25H29NO4S2/c1-20-14-17-23(18-15-20)32(29,30)26-21-10-6-3-2-4-9-13-25(24(26)19-16-21)31(27,28)22-11-7-5-8-12-22/h3,5-8,11-12,14-15,17-19,21,25H,2,4,9-10,13,16H2,1H3/b6-3-/t21-,25-/m0/s1. The van der Waals surface area contributed by atoms with Crippen LogP contribution in [0.5, 0.6) is 0 Å². The normalized spacial score (nSPS) is 23.3. The number of hydrogen-bond acceptors (Lipinski definition) is 4. The molecule has 2 heterocycles. The third-order valence-corrected chi connectivity index (χ3v) is 10.3. The lowest BCUT2D eigenvalue weighted by Gasteiger charge is -2.32. The van der Waals surface area contributed by atoms with Crippen molar-refractivity contribution >= 4 is 19.9 Å². The maximum absolute atomic E-state index is 13.8. The summed E-state index contributed by atoms with van der Waals surface area (Å²) >= 11 is 0. The van der Waals surface area contributed by atoms with Gasteiger partial charge >= 0.3 is 0 Å². The molecule has 32 heavy (non-hydrogen) atoms. The summed E-state index contributed by atoms with van der Waals surface area (Å²) in [6, 6.07) is 14.8. The highest BCUT2D eigenvalue weighted by Crippen LogP contribution is 2.39. The van der Waals surface area contributed by atoms with Crippen LogP contribution in [0, 0.1) is 6.92 Å². The highest BCUT2D eigenvalue weighted by atomic mass is 32.2. The lowest BCUT2D eigenvalue weighted by atomic mass is 10.1. The average Bonchev–Trinajstić information content (AvgIpc) is 3.18. The Morgan fingerprint density at radius 3 is 2.25 bits per heavy atom. The van der Waals surface area contributed by atoms with E-state index in [1.165, 1.54) is 4.31 Å². The molecule has 0 fully saturated rings. The number of nitrogens with zero attached hydrogens (tertiary/aromatic N) is 1. The quantitative estimate of drug-likeness (QED) is 0.588. The summed E-state index contributed by atoms with van der Waals surface area (Å²) in [6.45, 7) is 1.91. The van der Waals surface area contributed by atoms with Crippen LogP contribution in [0.3, 0.4) is 0 Å². The monoisotopic (exact) mass is 471 g/mol. The molecule has 0 aliphatic carbocycles. The van der Waals surface area contributed by atoms with Gasteiger partial charge in [-0.05, 0) is 63.3 Å². The van der Waals surface area contributed by atoms with Crippen LogP contribution in [0.25, 0.3) is 0 Å². The SMILES string of the molecule is Cc1ccc(S(=O)(=O)N2C3=CC[C@@H]2C/C=C\CCCC[C@@H]3S(=O)(=O)c2ccccc2)cc1. The Balaban J connectivity index is 1.82. The van der Waals surface area contributed by atoms with Crippen LogP contribution >= 0.6 is 0 Å². The highest BCUT2D eigenvalue weighted by Gasteiger charge is 2.43. The van der Waals surface area contributed by atoms with Crippen LogP contribution in [0.1, 0.15) is 44.1 Å². The van der Waals surface area contributed by atoms with E-state index < -0.39 is 25.1 Å². The summed E-state index contributed by atoms with van der Waals surface area (Å²) in [5.74, 6) is 0. The van der Waals surface area contributed by atoms with Crippen molar-refractivity contribution in [2.75, 3.05) is 0 Å². The van der Waals surface area contributed by atoms with E-state index in [1.807, 2.05) is 19.1 Å². The summed E-state index contributed by atoms with van der Waals surface area (Å²) in [4.78, 5) is 0.422. The number of aryl methyl sites for hydroxylation is 1. The topological polar surface area (TPSA) is 71.5 Å². The first-order valence-electron chi connectivity index (χ1n) is 11.1. The summed E-state index contributed by atoms with van der Waals surface area (Å²) < 4.78 is 56.4. The van der Waals surface area contributed by atoms with E-state index in [1.54, 1.807) is 54.6 Å². The fourth-order valence-electron chi connectivity index (χ4n) is 4.48. The summed E-state index contributed by atoms with van der Waals surface area (Å²) in [5, 5.41) is -0.895. The van der Waals surface area contributed by atoms with Gasteiger partial charge in [0.2, 0.25) is 0 Å². The molecule has 170 valence electrons. The van der Waals surface area contributed by atoms with Gasteiger partial charge < -0.3 is 0 Å². The van der Waals surface area contributed by atoms with E-state index in [2.05, 4.69) is 6.08 Å². The van der Waals surface area contributed by atoms with E-state index in [0.717, 1.165) is 18.4 Å². The van der Waals surface area contributed by atoms with Crippen LogP contribution in [0.2, 0.25) is 0 Å². The smallest absolute Gasteiger partial charge is 0.264 e.